The van der Waals surface area contributed by atoms with E-state index < -0.39 is 0 Å². The highest BCUT2D eigenvalue weighted by Crippen LogP contribution is 2.28. The summed E-state index contributed by atoms with van der Waals surface area (Å²) < 4.78 is 12.6. The van der Waals surface area contributed by atoms with E-state index >= 15 is 0 Å². The van der Waals surface area contributed by atoms with Crippen molar-refractivity contribution >= 4 is 31.9 Å². The van der Waals surface area contributed by atoms with Gasteiger partial charge in [-0.05, 0) is 34.1 Å². The molecule has 70 valence electrons. The summed E-state index contributed by atoms with van der Waals surface area (Å²) in [7, 11) is 0. The quantitative estimate of drug-likeness (QED) is 0.801. The maximum Gasteiger partial charge on any atom is 0.133 e. The summed E-state index contributed by atoms with van der Waals surface area (Å²) in [4.78, 5) is 0. The lowest BCUT2D eigenvalue weighted by molar-refractivity contribution is 0.262. The van der Waals surface area contributed by atoms with Gasteiger partial charge in [-0.25, -0.2) is 0 Å². The van der Waals surface area contributed by atoms with Crippen LogP contribution in [0.3, 0.4) is 0 Å². The predicted octanol–water partition coefficient (Wildman–Crippen LogP) is 2.99. The normalized spacial score (nSPS) is 20.0. The van der Waals surface area contributed by atoms with Crippen molar-refractivity contribution in [2.24, 2.45) is 0 Å². The molecule has 0 unspecified atom stereocenters. The molecular formula is C9H8Br2O2. The molecule has 0 saturated carbocycles. The van der Waals surface area contributed by atoms with Crippen LogP contribution in [0.1, 0.15) is 0 Å². The Hall–Kier alpha value is -0.0600. The summed E-state index contributed by atoms with van der Waals surface area (Å²) in [5.41, 5.74) is 0. The molecule has 0 amide bonds. The van der Waals surface area contributed by atoms with Gasteiger partial charge in [-0.3, -0.25) is 0 Å². The number of epoxide rings is 1. The fraction of sp³-hybridized carbons (Fsp3) is 0.333. The van der Waals surface area contributed by atoms with Crippen molar-refractivity contribution < 1.29 is 9.47 Å². The van der Waals surface area contributed by atoms with E-state index in [0.717, 1.165) is 21.3 Å². The number of benzene rings is 1. The van der Waals surface area contributed by atoms with Gasteiger partial charge in [0.2, 0.25) is 0 Å². The van der Waals surface area contributed by atoms with Crippen LogP contribution in [0.2, 0.25) is 0 Å². The van der Waals surface area contributed by atoms with Gasteiger partial charge in [-0.15, -0.1) is 0 Å². The van der Waals surface area contributed by atoms with Crippen LogP contribution in [0, 0.1) is 0 Å². The summed E-state index contributed by atoms with van der Waals surface area (Å²) in [5, 5.41) is 0. The molecule has 1 aliphatic heterocycles. The fourth-order valence-electron chi connectivity index (χ4n) is 0.939. The van der Waals surface area contributed by atoms with Crippen LogP contribution in [-0.2, 0) is 4.74 Å². The monoisotopic (exact) mass is 306 g/mol. The third-order valence-corrected chi connectivity index (χ3v) is 2.83. The van der Waals surface area contributed by atoms with Crippen LogP contribution in [0.5, 0.6) is 5.75 Å². The zero-order valence-electron chi connectivity index (χ0n) is 6.80. The third-order valence-electron chi connectivity index (χ3n) is 1.72. The molecule has 2 nitrogen and oxygen atoms in total. The van der Waals surface area contributed by atoms with Gasteiger partial charge < -0.3 is 9.47 Å². The average molecular weight is 308 g/mol. The van der Waals surface area contributed by atoms with Crippen molar-refractivity contribution in [2.75, 3.05) is 13.2 Å². The van der Waals surface area contributed by atoms with Crippen LogP contribution < -0.4 is 4.74 Å². The van der Waals surface area contributed by atoms with Crippen LogP contribution in [0.15, 0.2) is 27.1 Å². The number of hydrogen-bond donors (Lipinski definition) is 0. The molecule has 0 radical (unpaired) electrons. The van der Waals surface area contributed by atoms with Crippen molar-refractivity contribution in [3.8, 4) is 5.75 Å². The Bertz CT molecular complexity index is 310. The molecule has 0 bridgehead atoms. The molecule has 1 heterocycles. The lowest BCUT2D eigenvalue weighted by Gasteiger charge is -2.06. The Labute approximate surface area is 93.5 Å². The molecule has 0 aliphatic carbocycles. The first kappa shape index (κ1) is 9.49. The van der Waals surface area contributed by atoms with E-state index in [0.29, 0.717) is 12.7 Å². The summed E-state index contributed by atoms with van der Waals surface area (Å²) in [5.74, 6) is 0.860. The van der Waals surface area contributed by atoms with E-state index in [1.807, 2.05) is 18.2 Å². The molecule has 1 aromatic rings. The van der Waals surface area contributed by atoms with Gasteiger partial charge in [-0.2, -0.15) is 0 Å². The van der Waals surface area contributed by atoms with E-state index in [1.165, 1.54) is 0 Å². The second-order valence-electron chi connectivity index (χ2n) is 2.84. The Kier molecular flexibility index (Phi) is 2.91. The Morgan fingerprint density at radius 2 is 2.23 bits per heavy atom. The summed E-state index contributed by atoms with van der Waals surface area (Å²) in [6.07, 6.45) is 0.301. The highest BCUT2D eigenvalue weighted by Gasteiger charge is 2.23. The Morgan fingerprint density at radius 1 is 1.46 bits per heavy atom. The maximum atomic E-state index is 5.52. The third kappa shape index (κ3) is 2.69. The molecule has 4 heteroatoms. The Morgan fingerprint density at radius 3 is 2.85 bits per heavy atom. The van der Waals surface area contributed by atoms with Gasteiger partial charge in [0, 0.05) is 4.47 Å². The van der Waals surface area contributed by atoms with Gasteiger partial charge in [-0.1, -0.05) is 15.9 Å². The topological polar surface area (TPSA) is 21.8 Å². The SMILES string of the molecule is Brc1ccc(OC[C@H]2CO2)c(Br)c1. The first-order chi connectivity index (χ1) is 6.25. The molecule has 0 spiro atoms. The van der Waals surface area contributed by atoms with Gasteiger partial charge in [0.25, 0.3) is 0 Å². The Balaban J connectivity index is 2.01. The molecule has 2 rings (SSSR count). The highest BCUT2D eigenvalue weighted by atomic mass is 79.9. The fourth-order valence-corrected chi connectivity index (χ4v) is 2.10. The number of hydrogen-bond acceptors (Lipinski definition) is 2. The van der Waals surface area contributed by atoms with Crippen molar-refractivity contribution in [2.45, 2.75) is 6.10 Å². The first-order valence-corrected chi connectivity index (χ1v) is 5.54. The van der Waals surface area contributed by atoms with E-state index in [4.69, 9.17) is 9.47 Å². The number of rotatable bonds is 3. The second-order valence-corrected chi connectivity index (χ2v) is 4.61. The molecule has 1 aliphatic rings. The van der Waals surface area contributed by atoms with Crippen LogP contribution in [0.25, 0.3) is 0 Å². The average Bonchev–Trinajstić information content (AvgIpc) is 2.86. The number of halogens is 2. The van der Waals surface area contributed by atoms with Crippen molar-refractivity contribution in [3.05, 3.63) is 27.1 Å². The van der Waals surface area contributed by atoms with Gasteiger partial charge >= 0.3 is 0 Å². The summed E-state index contributed by atoms with van der Waals surface area (Å²) in [6, 6.07) is 5.84. The molecule has 0 N–H and O–H groups in total. The van der Waals surface area contributed by atoms with Crippen LogP contribution >= 0.6 is 31.9 Å². The standard InChI is InChI=1S/C9H8Br2O2/c10-6-1-2-9(8(11)3-6)13-5-7-4-12-7/h1-3,7H,4-5H2/t7-/m1/s1. The van der Waals surface area contributed by atoms with Crippen molar-refractivity contribution in [1.29, 1.82) is 0 Å². The smallest absolute Gasteiger partial charge is 0.133 e. The van der Waals surface area contributed by atoms with Crippen LogP contribution in [0.4, 0.5) is 0 Å². The minimum absolute atomic E-state index is 0.301. The number of ether oxygens (including phenoxy) is 2. The largest absolute Gasteiger partial charge is 0.490 e. The van der Waals surface area contributed by atoms with Crippen LogP contribution in [-0.4, -0.2) is 19.3 Å². The van der Waals surface area contributed by atoms with Gasteiger partial charge in [0.1, 0.15) is 18.5 Å². The molecule has 13 heavy (non-hydrogen) atoms. The van der Waals surface area contributed by atoms with E-state index in [-0.39, 0.29) is 0 Å². The van der Waals surface area contributed by atoms with E-state index in [9.17, 15) is 0 Å². The lowest BCUT2D eigenvalue weighted by Crippen LogP contribution is -2.04. The van der Waals surface area contributed by atoms with E-state index in [2.05, 4.69) is 31.9 Å². The molecule has 0 aromatic heterocycles. The zero-order chi connectivity index (χ0) is 9.26. The molecule has 1 aromatic carbocycles. The highest BCUT2D eigenvalue weighted by molar-refractivity contribution is 9.11. The molecule has 1 saturated heterocycles. The minimum atomic E-state index is 0.301. The predicted molar refractivity (Wildman–Crippen MR) is 57.1 cm³/mol. The first-order valence-electron chi connectivity index (χ1n) is 3.95. The van der Waals surface area contributed by atoms with Crippen molar-refractivity contribution in [3.63, 3.8) is 0 Å². The summed E-state index contributed by atoms with van der Waals surface area (Å²) >= 11 is 6.80. The summed E-state index contributed by atoms with van der Waals surface area (Å²) in [6.45, 7) is 1.47. The van der Waals surface area contributed by atoms with Gasteiger partial charge in [0.15, 0.2) is 0 Å². The lowest BCUT2D eigenvalue weighted by atomic mass is 10.3. The maximum absolute atomic E-state index is 5.52. The zero-order valence-corrected chi connectivity index (χ0v) is 9.97. The molecule has 1 fully saturated rings. The van der Waals surface area contributed by atoms with E-state index in [1.54, 1.807) is 0 Å². The van der Waals surface area contributed by atoms with Crippen molar-refractivity contribution in [1.82, 2.24) is 0 Å². The molecule has 1 atom stereocenters. The molecular weight excluding hydrogens is 300 g/mol. The second kappa shape index (κ2) is 3.98. The minimum Gasteiger partial charge on any atom is -0.490 e. The van der Waals surface area contributed by atoms with Gasteiger partial charge in [0.05, 0.1) is 11.1 Å².